The van der Waals surface area contributed by atoms with E-state index < -0.39 is 6.36 Å². The zero-order chi connectivity index (χ0) is 22.6. The Bertz CT molecular complexity index is 997. The van der Waals surface area contributed by atoms with Gasteiger partial charge in [0, 0.05) is 24.5 Å². The van der Waals surface area contributed by atoms with Gasteiger partial charge in [-0.25, -0.2) is 4.98 Å². The summed E-state index contributed by atoms with van der Waals surface area (Å²) in [5.41, 5.74) is 0.919. The van der Waals surface area contributed by atoms with Crippen LogP contribution in [0.15, 0.2) is 39.1 Å². The van der Waals surface area contributed by atoms with Crippen LogP contribution >= 0.6 is 23.5 Å². The largest absolute Gasteiger partial charge is 0.573 e. The van der Waals surface area contributed by atoms with Crippen LogP contribution in [0.3, 0.4) is 0 Å². The number of halogens is 3. The minimum absolute atomic E-state index is 0.0261. The molecule has 1 amide bonds. The number of ether oxygens (including phenoxy) is 2. The maximum absolute atomic E-state index is 12.8. The maximum Gasteiger partial charge on any atom is 0.573 e. The van der Waals surface area contributed by atoms with Gasteiger partial charge in [-0.15, -0.1) is 24.9 Å². The van der Waals surface area contributed by atoms with Crippen LogP contribution in [0.2, 0.25) is 0 Å². The Hall–Kier alpha value is -2.18. The molecule has 2 heterocycles. The predicted molar refractivity (Wildman–Crippen MR) is 112 cm³/mol. The van der Waals surface area contributed by atoms with Gasteiger partial charge in [-0.1, -0.05) is 18.7 Å². The van der Waals surface area contributed by atoms with E-state index in [-0.39, 0.29) is 28.2 Å². The summed E-state index contributed by atoms with van der Waals surface area (Å²) in [6.07, 6.45) is -4.09. The monoisotopic (exact) mass is 475 g/mol. The number of methoxy groups -OCH3 is 1. The standard InChI is InChI=1S/C19H20F3N3O4S2/c1-11-9-14-16(31-11)17(27)25(7-8-28-2)18(24-14)30-10-15(26)23-12-3-5-13(6-4-12)29-19(20,21)22/h3-6,11H,7-10H2,1-2H3,(H,23,26)/t11-/m0/s1. The number of carbonyl (C=O) groups is 1. The second-order valence-electron chi connectivity index (χ2n) is 6.66. The van der Waals surface area contributed by atoms with E-state index in [1.54, 1.807) is 0 Å². The highest BCUT2D eigenvalue weighted by molar-refractivity contribution is 8.00. The number of benzene rings is 1. The van der Waals surface area contributed by atoms with E-state index in [0.717, 1.165) is 29.6 Å². The van der Waals surface area contributed by atoms with Gasteiger partial charge in [0.2, 0.25) is 5.91 Å². The van der Waals surface area contributed by atoms with Crippen molar-refractivity contribution in [2.75, 3.05) is 24.8 Å². The second kappa shape index (κ2) is 9.96. The number of nitrogens with one attached hydrogen (secondary N) is 1. The lowest BCUT2D eigenvalue weighted by Gasteiger charge is -2.13. The van der Waals surface area contributed by atoms with Gasteiger partial charge in [0.05, 0.1) is 29.5 Å². The molecule has 1 aliphatic rings. The van der Waals surface area contributed by atoms with Crippen molar-refractivity contribution in [2.45, 2.75) is 41.6 Å². The highest BCUT2D eigenvalue weighted by Gasteiger charge is 2.31. The van der Waals surface area contributed by atoms with E-state index in [0.29, 0.717) is 35.3 Å². The molecule has 1 aromatic heterocycles. The zero-order valence-electron chi connectivity index (χ0n) is 16.7. The molecule has 1 aromatic carbocycles. The van der Waals surface area contributed by atoms with Gasteiger partial charge in [0.15, 0.2) is 5.16 Å². The number of alkyl halides is 3. The van der Waals surface area contributed by atoms with E-state index in [4.69, 9.17) is 4.74 Å². The van der Waals surface area contributed by atoms with Gasteiger partial charge in [0.25, 0.3) is 5.56 Å². The summed E-state index contributed by atoms with van der Waals surface area (Å²) in [6.45, 7) is 2.67. The fourth-order valence-corrected chi connectivity index (χ4v) is 4.85. The highest BCUT2D eigenvalue weighted by Crippen LogP contribution is 2.34. The van der Waals surface area contributed by atoms with Crippen molar-refractivity contribution in [2.24, 2.45) is 0 Å². The first kappa shape index (κ1) is 23.5. The van der Waals surface area contributed by atoms with Gasteiger partial charge < -0.3 is 14.8 Å². The maximum atomic E-state index is 12.8. The third kappa shape index (κ3) is 6.40. The first-order chi connectivity index (χ1) is 14.7. The Morgan fingerprint density at radius 2 is 2.06 bits per heavy atom. The molecule has 3 rings (SSSR count). The zero-order valence-corrected chi connectivity index (χ0v) is 18.3. The molecule has 0 saturated carbocycles. The molecule has 0 saturated heterocycles. The number of nitrogens with zero attached hydrogens (tertiary/aromatic N) is 2. The Morgan fingerprint density at radius 3 is 2.71 bits per heavy atom. The fourth-order valence-electron chi connectivity index (χ4n) is 2.89. The first-order valence-corrected chi connectivity index (χ1v) is 11.1. The normalized spacial score (nSPS) is 15.6. The van der Waals surface area contributed by atoms with Gasteiger partial charge in [-0.2, -0.15) is 0 Å². The molecule has 1 atom stereocenters. The highest BCUT2D eigenvalue weighted by atomic mass is 32.2. The number of aromatic nitrogens is 2. The summed E-state index contributed by atoms with van der Waals surface area (Å²) in [5, 5.41) is 3.29. The van der Waals surface area contributed by atoms with Crippen molar-refractivity contribution < 1.29 is 27.4 Å². The van der Waals surface area contributed by atoms with Crippen molar-refractivity contribution in [1.82, 2.24) is 9.55 Å². The number of thioether (sulfide) groups is 2. The topological polar surface area (TPSA) is 82.4 Å². The summed E-state index contributed by atoms with van der Waals surface area (Å²) in [7, 11) is 1.54. The molecule has 168 valence electrons. The molecule has 0 unspecified atom stereocenters. The third-order valence-electron chi connectivity index (χ3n) is 4.19. The molecular weight excluding hydrogens is 455 g/mol. The van der Waals surface area contributed by atoms with E-state index in [9.17, 15) is 22.8 Å². The van der Waals surface area contributed by atoms with Crippen LogP contribution in [0, 0.1) is 0 Å². The van der Waals surface area contributed by atoms with Gasteiger partial charge in [0.1, 0.15) is 5.75 Å². The second-order valence-corrected chi connectivity index (χ2v) is 9.05. The first-order valence-electron chi connectivity index (χ1n) is 9.24. The van der Waals surface area contributed by atoms with Crippen LogP contribution in [0.5, 0.6) is 5.75 Å². The number of hydrogen-bond donors (Lipinski definition) is 1. The van der Waals surface area contributed by atoms with Gasteiger partial charge in [-0.3, -0.25) is 14.2 Å². The third-order valence-corrected chi connectivity index (χ3v) is 6.38. The molecule has 1 N–H and O–H groups in total. The SMILES string of the molecule is COCCn1c(SCC(=O)Nc2ccc(OC(F)(F)F)cc2)nc2c(c1=O)S[C@@H](C)C2. The molecule has 0 fully saturated rings. The van der Waals surface area contributed by atoms with Crippen molar-refractivity contribution >= 4 is 35.1 Å². The van der Waals surface area contributed by atoms with E-state index >= 15 is 0 Å². The minimum atomic E-state index is -4.78. The number of fused-ring (bicyclic) bond motifs is 1. The summed E-state index contributed by atoms with van der Waals surface area (Å²) >= 11 is 2.62. The molecule has 7 nitrogen and oxygen atoms in total. The lowest BCUT2D eigenvalue weighted by Crippen LogP contribution is -2.27. The lowest BCUT2D eigenvalue weighted by atomic mass is 10.2. The van der Waals surface area contributed by atoms with Crippen LogP contribution in [0.1, 0.15) is 12.6 Å². The van der Waals surface area contributed by atoms with Gasteiger partial charge in [-0.05, 0) is 24.3 Å². The van der Waals surface area contributed by atoms with Crippen LogP contribution in [-0.4, -0.2) is 46.5 Å². The summed E-state index contributed by atoms with van der Waals surface area (Å²) in [5.74, 6) is -0.788. The number of hydrogen-bond acceptors (Lipinski definition) is 7. The van der Waals surface area contributed by atoms with Crippen molar-refractivity contribution in [1.29, 1.82) is 0 Å². The molecule has 0 aliphatic carbocycles. The van der Waals surface area contributed by atoms with Crippen LogP contribution in [-0.2, 0) is 22.5 Å². The molecule has 12 heteroatoms. The molecule has 31 heavy (non-hydrogen) atoms. The number of amides is 1. The number of anilines is 1. The molecule has 0 bridgehead atoms. The number of rotatable bonds is 8. The van der Waals surface area contributed by atoms with E-state index in [1.165, 1.54) is 35.6 Å². The van der Waals surface area contributed by atoms with Crippen molar-refractivity contribution in [3.8, 4) is 5.75 Å². The Morgan fingerprint density at radius 1 is 1.35 bits per heavy atom. The quantitative estimate of drug-likeness (QED) is 0.462. The summed E-state index contributed by atoms with van der Waals surface area (Å²) in [6, 6.07) is 4.84. The van der Waals surface area contributed by atoms with E-state index in [2.05, 4.69) is 15.0 Å². The lowest BCUT2D eigenvalue weighted by molar-refractivity contribution is -0.274. The average molecular weight is 476 g/mol. The Labute approximate surface area is 184 Å². The summed E-state index contributed by atoms with van der Waals surface area (Å²) < 4.78 is 47.1. The van der Waals surface area contributed by atoms with Crippen LogP contribution < -0.4 is 15.6 Å². The fraction of sp³-hybridized carbons (Fsp3) is 0.421. The van der Waals surface area contributed by atoms with Crippen LogP contribution in [0.25, 0.3) is 0 Å². The van der Waals surface area contributed by atoms with Crippen molar-refractivity contribution in [3.63, 3.8) is 0 Å². The number of carbonyl (C=O) groups excluding carboxylic acids is 1. The smallest absolute Gasteiger partial charge is 0.406 e. The minimum Gasteiger partial charge on any atom is -0.406 e. The molecular formula is C19H20F3N3O4S2. The van der Waals surface area contributed by atoms with Gasteiger partial charge >= 0.3 is 6.36 Å². The average Bonchev–Trinajstić information content (AvgIpc) is 3.07. The summed E-state index contributed by atoms with van der Waals surface area (Å²) in [4.78, 5) is 30.4. The van der Waals surface area contributed by atoms with Crippen LogP contribution in [0.4, 0.5) is 18.9 Å². The Balaban J connectivity index is 1.66. The molecule has 2 aromatic rings. The van der Waals surface area contributed by atoms with E-state index in [1.807, 2.05) is 6.92 Å². The van der Waals surface area contributed by atoms with Crippen molar-refractivity contribution in [3.05, 3.63) is 40.3 Å². The molecule has 1 aliphatic heterocycles. The molecule has 0 radical (unpaired) electrons. The predicted octanol–water partition coefficient (Wildman–Crippen LogP) is 3.56. The Kier molecular flexibility index (Phi) is 7.55. The molecule has 0 spiro atoms.